The lowest BCUT2D eigenvalue weighted by molar-refractivity contribution is -0.870. The first-order valence-electron chi connectivity index (χ1n) is 28.2. The molecule has 3 N–H and O–H groups in total. The van der Waals surface area contributed by atoms with Gasteiger partial charge in [0.25, 0.3) is 0 Å². The topological polar surface area (TPSA) is 105 Å². The van der Waals surface area contributed by atoms with Crippen LogP contribution in [-0.4, -0.2) is 73.4 Å². The number of rotatable bonds is 49. The highest BCUT2D eigenvalue weighted by molar-refractivity contribution is 7.47. The molecule has 3 atom stereocenters. The van der Waals surface area contributed by atoms with Crippen LogP contribution in [0, 0.1) is 0 Å². The Labute approximate surface area is 442 Å². The molecule has 0 aliphatic rings. The molecular weight excluding hydrogens is 912 g/mol. The molecule has 9 heteroatoms. The Kier molecular flexibility index (Phi) is 49.6. The van der Waals surface area contributed by atoms with Gasteiger partial charge in [0.1, 0.15) is 13.2 Å². The van der Waals surface area contributed by atoms with Gasteiger partial charge < -0.3 is 19.8 Å². The van der Waals surface area contributed by atoms with Gasteiger partial charge in [0.15, 0.2) is 0 Å². The molecule has 3 unspecified atom stereocenters. The zero-order chi connectivity index (χ0) is 52.7. The van der Waals surface area contributed by atoms with Crippen LogP contribution in [0.2, 0.25) is 0 Å². The molecule has 0 saturated carbocycles. The van der Waals surface area contributed by atoms with Crippen LogP contribution in [0.3, 0.4) is 0 Å². The summed E-state index contributed by atoms with van der Waals surface area (Å²) in [5.74, 6) is -0.194. The standard InChI is InChI=1S/C63H105N2O6P/c1-6-8-10-12-14-16-18-19-20-21-22-23-24-25-26-27-28-29-30-31-32-33-34-35-36-37-38-39-40-41-42-43-44-45-47-49-51-53-55-57-63(67)64-61(60-71-72(68,69)70-59-58-65(3,4)5)62(66)56-54-52-50-48-46-17-15-13-11-9-7-2/h8,10,14,16,19-20,22-23,25-26,28-29,31-32,34-35,37-38,40-41,43-44,47,49,61-62,66H,6-7,9,11-13,15,17-18,21,24,27,30,33,36,39,42,45-46,48,50-60H2,1-5H3,(H-,64,67,68,69)/p+1/b10-8-,16-14-,20-19-,23-22-,26-25-,29-28-,32-31-,35-34-,38-37-,41-40-,44-43-,49-47-. The van der Waals surface area contributed by atoms with Crippen molar-refractivity contribution < 1.29 is 32.9 Å². The Morgan fingerprint density at radius 2 is 0.833 bits per heavy atom. The van der Waals surface area contributed by atoms with Crippen LogP contribution < -0.4 is 5.32 Å². The molecule has 0 spiro atoms. The van der Waals surface area contributed by atoms with Crippen molar-refractivity contribution in [2.24, 2.45) is 0 Å². The minimum Gasteiger partial charge on any atom is -0.391 e. The minimum atomic E-state index is -4.34. The van der Waals surface area contributed by atoms with Crippen LogP contribution >= 0.6 is 7.82 Å². The van der Waals surface area contributed by atoms with Crippen LogP contribution in [0.5, 0.6) is 0 Å². The van der Waals surface area contributed by atoms with E-state index < -0.39 is 20.0 Å². The van der Waals surface area contributed by atoms with E-state index in [4.69, 9.17) is 9.05 Å². The average molecular weight is 1020 g/mol. The van der Waals surface area contributed by atoms with Crippen molar-refractivity contribution in [3.05, 3.63) is 146 Å². The predicted octanol–water partition coefficient (Wildman–Crippen LogP) is 17.3. The summed E-state index contributed by atoms with van der Waals surface area (Å²) in [4.78, 5) is 23.2. The number of hydrogen-bond acceptors (Lipinski definition) is 5. The summed E-state index contributed by atoms with van der Waals surface area (Å²) in [6, 6.07) is -0.793. The zero-order valence-electron chi connectivity index (χ0n) is 46.4. The third-order valence-electron chi connectivity index (χ3n) is 11.6. The average Bonchev–Trinajstić information content (AvgIpc) is 3.34. The lowest BCUT2D eigenvalue weighted by Gasteiger charge is -2.26. The van der Waals surface area contributed by atoms with E-state index in [1.54, 1.807) is 0 Å². The highest BCUT2D eigenvalue weighted by atomic mass is 31.2. The molecule has 72 heavy (non-hydrogen) atoms. The molecule has 0 saturated heterocycles. The van der Waals surface area contributed by atoms with Gasteiger partial charge >= 0.3 is 7.82 Å². The van der Waals surface area contributed by atoms with Gasteiger partial charge in [-0.25, -0.2) is 4.57 Å². The summed E-state index contributed by atoms with van der Waals surface area (Å²) >= 11 is 0. The summed E-state index contributed by atoms with van der Waals surface area (Å²) in [6.07, 6.45) is 80.6. The van der Waals surface area contributed by atoms with Crippen molar-refractivity contribution in [3.63, 3.8) is 0 Å². The normalized spacial score (nSPS) is 15.0. The molecule has 0 aliphatic heterocycles. The van der Waals surface area contributed by atoms with Gasteiger partial charge in [-0.15, -0.1) is 0 Å². The number of carbonyl (C=O) groups excluding carboxylic acids is 1. The minimum absolute atomic E-state index is 0.0580. The number of unbranched alkanes of at least 4 members (excludes halogenated alkanes) is 12. The van der Waals surface area contributed by atoms with Gasteiger partial charge in [-0.1, -0.05) is 230 Å². The molecule has 0 rings (SSSR count). The van der Waals surface area contributed by atoms with Crippen molar-refractivity contribution in [2.45, 2.75) is 206 Å². The molecule has 0 radical (unpaired) electrons. The second kappa shape index (κ2) is 52.3. The fraction of sp³-hybridized carbons (Fsp3) is 0.603. The lowest BCUT2D eigenvalue weighted by Crippen LogP contribution is -2.46. The summed E-state index contributed by atoms with van der Waals surface area (Å²) in [6.45, 7) is 4.70. The van der Waals surface area contributed by atoms with E-state index in [1.807, 2.05) is 21.1 Å². The van der Waals surface area contributed by atoms with Crippen LogP contribution in [0.25, 0.3) is 0 Å². The van der Waals surface area contributed by atoms with Crippen molar-refractivity contribution >= 4 is 13.7 Å². The first kappa shape index (κ1) is 68.4. The van der Waals surface area contributed by atoms with Crippen molar-refractivity contribution in [2.75, 3.05) is 40.9 Å². The molecule has 8 nitrogen and oxygen atoms in total. The molecule has 0 aromatic rings. The van der Waals surface area contributed by atoms with Gasteiger partial charge in [-0.05, 0) is 103 Å². The van der Waals surface area contributed by atoms with Gasteiger partial charge in [-0.3, -0.25) is 13.8 Å². The molecule has 0 aliphatic carbocycles. The summed E-state index contributed by atoms with van der Waals surface area (Å²) in [7, 11) is 1.56. The fourth-order valence-corrected chi connectivity index (χ4v) is 7.94. The Balaban J connectivity index is 4.21. The molecule has 0 aromatic carbocycles. The largest absolute Gasteiger partial charge is 0.472 e. The van der Waals surface area contributed by atoms with Crippen molar-refractivity contribution in [1.82, 2.24) is 5.32 Å². The van der Waals surface area contributed by atoms with Crippen molar-refractivity contribution in [1.29, 1.82) is 0 Å². The Morgan fingerprint density at radius 1 is 0.486 bits per heavy atom. The molecule has 0 aromatic heterocycles. The Morgan fingerprint density at radius 3 is 1.19 bits per heavy atom. The van der Waals surface area contributed by atoms with E-state index in [2.05, 4.69) is 165 Å². The maximum atomic E-state index is 12.9. The van der Waals surface area contributed by atoms with Crippen LogP contribution in [0.4, 0.5) is 0 Å². The number of aliphatic hydroxyl groups is 1. The number of nitrogens with zero attached hydrogens (tertiary/aromatic N) is 1. The highest BCUT2D eigenvalue weighted by Gasteiger charge is 2.28. The maximum absolute atomic E-state index is 12.9. The highest BCUT2D eigenvalue weighted by Crippen LogP contribution is 2.43. The zero-order valence-corrected chi connectivity index (χ0v) is 47.2. The molecular formula is C63H106N2O6P+. The fourth-order valence-electron chi connectivity index (χ4n) is 7.20. The molecule has 0 heterocycles. The van der Waals surface area contributed by atoms with Crippen LogP contribution in [0.1, 0.15) is 194 Å². The lowest BCUT2D eigenvalue weighted by atomic mass is 10.0. The number of phosphoric ester groups is 1. The number of likely N-dealkylation sites (N-methyl/N-ethyl adjacent to an activating group) is 1. The number of allylic oxidation sites excluding steroid dienone is 24. The van der Waals surface area contributed by atoms with Gasteiger partial charge in [0.2, 0.25) is 5.91 Å². The van der Waals surface area contributed by atoms with E-state index in [0.717, 1.165) is 109 Å². The van der Waals surface area contributed by atoms with Gasteiger partial charge in [0, 0.05) is 6.42 Å². The summed E-state index contributed by atoms with van der Waals surface area (Å²) in [5.41, 5.74) is 0. The summed E-state index contributed by atoms with van der Waals surface area (Å²) < 4.78 is 23.6. The van der Waals surface area contributed by atoms with E-state index >= 15 is 0 Å². The van der Waals surface area contributed by atoms with Gasteiger partial charge in [0.05, 0.1) is 39.9 Å². The number of hydrogen-bond donors (Lipinski definition) is 3. The second-order valence-electron chi connectivity index (χ2n) is 19.6. The molecule has 1 amide bonds. The second-order valence-corrected chi connectivity index (χ2v) is 21.0. The molecule has 0 bridgehead atoms. The quantitative estimate of drug-likeness (QED) is 0.0243. The Bertz CT molecular complexity index is 1670. The third kappa shape index (κ3) is 54.2. The van der Waals surface area contributed by atoms with Crippen LogP contribution in [-0.2, 0) is 18.4 Å². The molecule has 0 fully saturated rings. The van der Waals surface area contributed by atoms with E-state index in [0.29, 0.717) is 30.3 Å². The van der Waals surface area contributed by atoms with E-state index in [-0.39, 0.29) is 19.1 Å². The first-order chi connectivity index (χ1) is 35.0. The summed E-state index contributed by atoms with van der Waals surface area (Å²) in [5, 5.41) is 13.9. The number of nitrogens with one attached hydrogen (secondary N) is 1. The number of aliphatic hydroxyl groups excluding tert-OH is 1. The SMILES string of the molecule is CC/C=C\C/C=C\C/C=C\C/C=C\C/C=C\C/C=C\C/C=C\C/C=C\C/C=C\C/C=C\C/C=C\C/C=C\CCCCC(=O)NC(COP(=O)(O)OCC[N+](C)(C)C)C(O)CCCCCCCCCCCCC. The number of amides is 1. The monoisotopic (exact) mass is 1020 g/mol. The van der Waals surface area contributed by atoms with Crippen molar-refractivity contribution in [3.8, 4) is 0 Å². The van der Waals surface area contributed by atoms with Gasteiger partial charge in [-0.2, -0.15) is 0 Å². The number of quaternary nitrogens is 1. The van der Waals surface area contributed by atoms with Crippen LogP contribution in [0.15, 0.2) is 146 Å². The third-order valence-corrected chi connectivity index (χ3v) is 12.6. The number of carbonyl (C=O) groups is 1. The first-order valence-corrected chi connectivity index (χ1v) is 29.7. The van der Waals surface area contributed by atoms with E-state index in [9.17, 15) is 19.4 Å². The smallest absolute Gasteiger partial charge is 0.391 e. The molecule has 408 valence electrons. The van der Waals surface area contributed by atoms with E-state index in [1.165, 1.54) is 51.4 Å². The Hall–Kier alpha value is -3.62. The maximum Gasteiger partial charge on any atom is 0.472 e. The predicted molar refractivity (Wildman–Crippen MR) is 313 cm³/mol. The number of phosphoric acid groups is 1.